The summed E-state index contributed by atoms with van der Waals surface area (Å²) in [6.45, 7) is 10.2. The maximum absolute atomic E-state index is 13.3. The van der Waals surface area contributed by atoms with Gasteiger partial charge < -0.3 is 10.2 Å². The lowest BCUT2D eigenvalue weighted by Crippen LogP contribution is -2.56. The van der Waals surface area contributed by atoms with Crippen LogP contribution in [-0.4, -0.2) is 76.9 Å². The quantitative estimate of drug-likeness (QED) is 0.740. The van der Waals surface area contributed by atoms with Crippen molar-refractivity contribution in [3.63, 3.8) is 0 Å². The number of hydrogen-bond acceptors (Lipinski definition) is 4. The van der Waals surface area contributed by atoms with Crippen LogP contribution in [0.5, 0.6) is 0 Å². The molecule has 3 aliphatic heterocycles. The molecule has 4 fully saturated rings. The molecular formula is C28H42N4O2. The third-order valence-corrected chi connectivity index (χ3v) is 9.05. The molecule has 34 heavy (non-hydrogen) atoms. The summed E-state index contributed by atoms with van der Waals surface area (Å²) in [4.78, 5) is 33.4. The Morgan fingerprint density at radius 3 is 2.32 bits per heavy atom. The number of benzene rings is 1. The molecule has 6 heteroatoms. The van der Waals surface area contributed by atoms with Gasteiger partial charge in [0.1, 0.15) is 6.04 Å². The number of carbonyl (C=O) groups is 2. The van der Waals surface area contributed by atoms with E-state index in [-0.39, 0.29) is 28.8 Å². The molecule has 186 valence electrons. The van der Waals surface area contributed by atoms with Gasteiger partial charge in [0.25, 0.3) is 0 Å². The molecule has 0 aromatic heterocycles. The smallest absolute Gasteiger partial charge is 0.243 e. The van der Waals surface area contributed by atoms with Crippen molar-refractivity contribution in [2.24, 2.45) is 0 Å². The van der Waals surface area contributed by atoms with Gasteiger partial charge in [-0.1, -0.05) is 51.5 Å². The van der Waals surface area contributed by atoms with Gasteiger partial charge in [-0.15, -0.1) is 0 Å². The Bertz CT molecular complexity index is 881. The van der Waals surface area contributed by atoms with Crippen LogP contribution < -0.4 is 5.32 Å². The van der Waals surface area contributed by atoms with Crippen molar-refractivity contribution < 1.29 is 9.59 Å². The van der Waals surface area contributed by atoms with E-state index in [0.29, 0.717) is 25.0 Å². The van der Waals surface area contributed by atoms with E-state index >= 15 is 0 Å². The number of likely N-dealkylation sites (tertiary alicyclic amines) is 1. The largest absolute Gasteiger partial charge is 0.348 e. The monoisotopic (exact) mass is 466 g/mol. The summed E-state index contributed by atoms with van der Waals surface area (Å²) in [7, 11) is 2.18. The molecule has 2 amide bonds. The third kappa shape index (κ3) is 4.64. The van der Waals surface area contributed by atoms with Crippen LogP contribution in [0.4, 0.5) is 0 Å². The third-order valence-electron chi connectivity index (χ3n) is 9.05. The summed E-state index contributed by atoms with van der Waals surface area (Å²) < 4.78 is 0. The van der Waals surface area contributed by atoms with E-state index in [0.717, 1.165) is 38.9 Å². The fourth-order valence-electron chi connectivity index (χ4n) is 6.31. The highest BCUT2D eigenvalue weighted by Gasteiger charge is 2.50. The van der Waals surface area contributed by atoms with Crippen molar-refractivity contribution >= 4 is 11.8 Å². The first kappa shape index (κ1) is 23.8. The van der Waals surface area contributed by atoms with Gasteiger partial charge in [-0.3, -0.25) is 19.4 Å². The van der Waals surface area contributed by atoms with Gasteiger partial charge in [0.05, 0.1) is 12.0 Å². The Kier molecular flexibility index (Phi) is 6.26. The van der Waals surface area contributed by atoms with Crippen LogP contribution in [-0.2, 0) is 21.5 Å². The summed E-state index contributed by atoms with van der Waals surface area (Å²) >= 11 is 0. The summed E-state index contributed by atoms with van der Waals surface area (Å²) in [6, 6.07) is 9.62. The van der Waals surface area contributed by atoms with Crippen LogP contribution in [0.15, 0.2) is 24.3 Å². The zero-order valence-corrected chi connectivity index (χ0v) is 21.5. The Hall–Kier alpha value is -1.92. The molecule has 1 saturated carbocycles. The second-order valence-corrected chi connectivity index (χ2v) is 12.4. The van der Waals surface area contributed by atoms with E-state index in [9.17, 15) is 9.59 Å². The summed E-state index contributed by atoms with van der Waals surface area (Å²) in [5, 5.41) is 3.37. The number of nitrogens with zero attached hydrogens (tertiary/aromatic N) is 3. The molecular weight excluding hydrogens is 424 g/mol. The second kappa shape index (κ2) is 8.94. The molecule has 0 radical (unpaired) electrons. The number of likely N-dealkylation sites (N-methyl/N-ethyl adjacent to an activating group) is 1. The first-order valence-corrected chi connectivity index (χ1v) is 13.3. The Morgan fingerprint density at radius 2 is 1.74 bits per heavy atom. The minimum atomic E-state index is -0.375. The molecule has 1 N–H and O–H groups in total. The molecule has 3 heterocycles. The molecule has 2 atom stereocenters. The highest BCUT2D eigenvalue weighted by atomic mass is 16.2. The summed E-state index contributed by atoms with van der Waals surface area (Å²) in [5.74, 6) is 0.237. The molecule has 1 aliphatic carbocycles. The van der Waals surface area contributed by atoms with E-state index in [2.05, 4.69) is 67.2 Å². The van der Waals surface area contributed by atoms with Crippen molar-refractivity contribution in [1.29, 1.82) is 0 Å². The highest BCUT2D eigenvalue weighted by Crippen LogP contribution is 2.35. The first-order valence-electron chi connectivity index (χ1n) is 13.3. The Balaban J connectivity index is 1.18. The molecule has 0 bridgehead atoms. The van der Waals surface area contributed by atoms with E-state index in [4.69, 9.17) is 0 Å². The molecule has 1 aromatic rings. The maximum Gasteiger partial charge on any atom is 0.243 e. The number of amides is 2. The topological polar surface area (TPSA) is 55.9 Å². The van der Waals surface area contributed by atoms with Crippen LogP contribution in [0.2, 0.25) is 0 Å². The lowest BCUT2D eigenvalue weighted by molar-refractivity contribution is -0.135. The summed E-state index contributed by atoms with van der Waals surface area (Å²) in [6.07, 6.45) is 6.71. The van der Waals surface area contributed by atoms with Crippen molar-refractivity contribution in [3.8, 4) is 0 Å². The van der Waals surface area contributed by atoms with Crippen molar-refractivity contribution in [3.05, 3.63) is 35.4 Å². The van der Waals surface area contributed by atoms with Gasteiger partial charge >= 0.3 is 0 Å². The zero-order chi connectivity index (χ0) is 24.1. The van der Waals surface area contributed by atoms with Crippen LogP contribution in [0.3, 0.4) is 0 Å². The van der Waals surface area contributed by atoms with Crippen LogP contribution in [0.25, 0.3) is 0 Å². The van der Waals surface area contributed by atoms with Gasteiger partial charge in [-0.05, 0) is 55.7 Å². The van der Waals surface area contributed by atoms with E-state index in [1.54, 1.807) is 0 Å². The predicted octanol–water partition coefficient (Wildman–Crippen LogP) is 3.29. The van der Waals surface area contributed by atoms with Crippen molar-refractivity contribution in [2.75, 3.05) is 26.7 Å². The SMILES string of the molecule is CN(C1CCC1)[C@H]1C[C@H]2C(=O)NC3(CCN(Cc4ccc(C(C)(C)C)cc4)CC3)CC(=O)N2C1. The number of fused-ring (bicyclic) bond motifs is 1. The number of rotatable bonds is 4. The summed E-state index contributed by atoms with van der Waals surface area (Å²) in [5.41, 5.74) is 2.48. The average Bonchev–Trinajstić information content (AvgIpc) is 3.17. The van der Waals surface area contributed by atoms with E-state index in [1.807, 2.05) is 4.90 Å². The highest BCUT2D eigenvalue weighted by molar-refractivity contribution is 5.92. The molecule has 4 aliphatic rings. The zero-order valence-electron chi connectivity index (χ0n) is 21.5. The van der Waals surface area contributed by atoms with Crippen LogP contribution in [0, 0.1) is 0 Å². The van der Waals surface area contributed by atoms with E-state index in [1.165, 1.54) is 30.4 Å². The Morgan fingerprint density at radius 1 is 1.06 bits per heavy atom. The first-order chi connectivity index (χ1) is 16.1. The lowest BCUT2D eigenvalue weighted by atomic mass is 9.83. The van der Waals surface area contributed by atoms with Gasteiger partial charge in [-0.25, -0.2) is 0 Å². The standard InChI is InChI=1S/C28H42N4O2/c1-27(2,3)21-10-8-20(9-11-21)18-31-14-12-28(13-15-31)17-25(33)32-19-23(16-24(32)26(34)29-28)30(4)22-6-5-7-22/h8-11,22-24H,5-7,12-19H2,1-4H3,(H,29,34)/t23-,24-/m0/s1. The fourth-order valence-corrected chi connectivity index (χ4v) is 6.31. The minimum Gasteiger partial charge on any atom is -0.348 e. The molecule has 3 saturated heterocycles. The lowest BCUT2D eigenvalue weighted by Gasteiger charge is -2.41. The molecule has 1 aromatic carbocycles. The number of nitrogens with one attached hydrogen (secondary N) is 1. The molecule has 6 nitrogen and oxygen atoms in total. The van der Waals surface area contributed by atoms with Crippen LogP contribution in [0.1, 0.15) is 76.8 Å². The van der Waals surface area contributed by atoms with Gasteiger partial charge in [-0.2, -0.15) is 0 Å². The molecule has 0 unspecified atom stereocenters. The van der Waals surface area contributed by atoms with Crippen molar-refractivity contribution in [1.82, 2.24) is 20.0 Å². The van der Waals surface area contributed by atoms with Crippen molar-refractivity contribution in [2.45, 2.75) is 101 Å². The Labute approximate surface area is 205 Å². The number of carbonyl (C=O) groups excluding carboxylic acids is 2. The maximum atomic E-state index is 13.3. The van der Waals surface area contributed by atoms with Gasteiger partial charge in [0.15, 0.2) is 0 Å². The van der Waals surface area contributed by atoms with E-state index < -0.39 is 0 Å². The number of piperidine rings is 1. The second-order valence-electron chi connectivity index (χ2n) is 12.4. The molecule has 5 rings (SSSR count). The average molecular weight is 467 g/mol. The number of hydrogen-bond donors (Lipinski definition) is 1. The minimum absolute atomic E-state index is 0.0709. The molecule has 1 spiro atoms. The predicted molar refractivity (Wildman–Crippen MR) is 134 cm³/mol. The van der Waals surface area contributed by atoms with Gasteiger partial charge in [0.2, 0.25) is 11.8 Å². The van der Waals surface area contributed by atoms with Gasteiger partial charge in [0, 0.05) is 38.3 Å². The van der Waals surface area contributed by atoms with Crippen LogP contribution >= 0.6 is 0 Å². The normalized spacial score (nSPS) is 28.1. The fraction of sp³-hybridized carbons (Fsp3) is 0.714.